The van der Waals surface area contributed by atoms with Crippen LogP contribution in [0.1, 0.15) is 21.6 Å². The molecular formula is C15H15ClN4S. The van der Waals surface area contributed by atoms with Crippen LogP contribution in [0.2, 0.25) is 5.02 Å². The fourth-order valence-corrected chi connectivity index (χ4v) is 3.62. The number of guanidine groups is 1. The van der Waals surface area contributed by atoms with Gasteiger partial charge in [-0.15, -0.1) is 11.3 Å². The van der Waals surface area contributed by atoms with Gasteiger partial charge < -0.3 is 10.6 Å². The molecule has 1 aliphatic heterocycles. The molecule has 108 valence electrons. The van der Waals surface area contributed by atoms with Gasteiger partial charge in [0.2, 0.25) is 5.96 Å². The highest BCUT2D eigenvalue weighted by atomic mass is 35.5. The number of aliphatic imine (C=N–C) groups is 1. The number of aryl methyl sites for hydroxylation is 2. The summed E-state index contributed by atoms with van der Waals surface area (Å²) in [7, 11) is 0. The first-order valence-electron chi connectivity index (χ1n) is 6.55. The summed E-state index contributed by atoms with van der Waals surface area (Å²) >= 11 is 7.78. The second-order valence-electron chi connectivity index (χ2n) is 4.81. The van der Waals surface area contributed by atoms with Crippen molar-refractivity contribution < 1.29 is 0 Å². The van der Waals surface area contributed by atoms with Gasteiger partial charge >= 0.3 is 0 Å². The van der Waals surface area contributed by atoms with Gasteiger partial charge in [0.25, 0.3) is 0 Å². The third-order valence-electron chi connectivity index (χ3n) is 3.29. The second-order valence-corrected chi connectivity index (χ2v) is 6.48. The Morgan fingerprint density at radius 1 is 1.33 bits per heavy atom. The number of nitrogens with zero attached hydrogens (tertiary/aromatic N) is 3. The van der Waals surface area contributed by atoms with E-state index in [1.54, 1.807) is 17.5 Å². The van der Waals surface area contributed by atoms with Crippen LogP contribution in [0.4, 0.5) is 5.69 Å². The molecule has 1 aliphatic rings. The zero-order chi connectivity index (χ0) is 15.0. The maximum absolute atomic E-state index is 6.11. The fourth-order valence-electron chi connectivity index (χ4n) is 2.44. The molecule has 0 saturated carbocycles. The monoisotopic (exact) mass is 318 g/mol. The topological polar surface area (TPSA) is 54.5 Å². The lowest BCUT2D eigenvalue weighted by Gasteiger charge is -2.32. The lowest BCUT2D eigenvalue weighted by molar-refractivity contribution is 0.854. The summed E-state index contributed by atoms with van der Waals surface area (Å²) in [4.78, 5) is 11.9. The first-order chi connectivity index (χ1) is 10.1. The Bertz CT molecular complexity index is 735. The van der Waals surface area contributed by atoms with Crippen LogP contribution in [0.5, 0.6) is 0 Å². The predicted molar refractivity (Wildman–Crippen MR) is 89.0 cm³/mol. The Morgan fingerprint density at radius 3 is 2.81 bits per heavy atom. The minimum atomic E-state index is -0.00725. The van der Waals surface area contributed by atoms with Gasteiger partial charge in [-0.2, -0.15) is 0 Å². The van der Waals surface area contributed by atoms with Crippen LogP contribution in [0.15, 0.2) is 41.5 Å². The van der Waals surface area contributed by atoms with Crippen molar-refractivity contribution in [3.8, 4) is 0 Å². The number of rotatable bonds is 2. The summed E-state index contributed by atoms with van der Waals surface area (Å²) < 4.78 is 0. The highest BCUT2D eigenvalue weighted by molar-refractivity contribution is 7.11. The molecule has 0 aliphatic carbocycles. The van der Waals surface area contributed by atoms with Gasteiger partial charge in [0, 0.05) is 16.9 Å². The molecular weight excluding hydrogens is 304 g/mol. The molecule has 2 N–H and O–H groups in total. The van der Waals surface area contributed by atoms with Gasteiger partial charge in [0.1, 0.15) is 0 Å². The molecule has 1 atom stereocenters. The SMILES string of the molecule is Cc1nc(C)c(C2C=CN=C(N)N2c2cccc(Cl)c2)s1. The van der Waals surface area contributed by atoms with Crippen molar-refractivity contribution in [1.29, 1.82) is 0 Å². The maximum Gasteiger partial charge on any atom is 0.201 e. The number of halogens is 1. The number of benzene rings is 1. The molecule has 0 saturated heterocycles. The molecule has 2 heterocycles. The summed E-state index contributed by atoms with van der Waals surface area (Å²) in [5.41, 5.74) is 8.05. The van der Waals surface area contributed by atoms with E-state index in [1.165, 1.54) is 4.88 Å². The molecule has 4 nitrogen and oxygen atoms in total. The van der Waals surface area contributed by atoms with Gasteiger partial charge in [-0.25, -0.2) is 9.98 Å². The highest BCUT2D eigenvalue weighted by Gasteiger charge is 2.27. The standard InChI is InChI=1S/C15H15ClN4S/c1-9-14(21-10(2)19-9)13-6-7-18-15(17)20(13)12-5-3-4-11(16)8-12/h3-8,13H,1-2H3,(H2,17,18). The van der Waals surface area contributed by atoms with E-state index in [2.05, 4.69) is 9.98 Å². The zero-order valence-corrected chi connectivity index (χ0v) is 13.3. The lowest BCUT2D eigenvalue weighted by Crippen LogP contribution is -2.41. The summed E-state index contributed by atoms with van der Waals surface area (Å²) in [6.45, 7) is 4.03. The van der Waals surface area contributed by atoms with Crippen molar-refractivity contribution in [2.24, 2.45) is 10.7 Å². The molecule has 3 rings (SSSR count). The summed E-state index contributed by atoms with van der Waals surface area (Å²) in [6, 6.07) is 7.61. The van der Waals surface area contributed by atoms with E-state index >= 15 is 0 Å². The quantitative estimate of drug-likeness (QED) is 0.916. The van der Waals surface area contributed by atoms with Gasteiger partial charge in [0.05, 0.1) is 21.6 Å². The first kappa shape index (κ1) is 14.1. The van der Waals surface area contributed by atoms with Crippen LogP contribution in [-0.2, 0) is 0 Å². The van der Waals surface area contributed by atoms with E-state index in [0.29, 0.717) is 11.0 Å². The number of thiazole rings is 1. The van der Waals surface area contributed by atoms with E-state index in [9.17, 15) is 0 Å². The number of hydrogen-bond acceptors (Lipinski definition) is 5. The van der Waals surface area contributed by atoms with Crippen LogP contribution in [0, 0.1) is 13.8 Å². The van der Waals surface area contributed by atoms with Crippen LogP contribution in [0.3, 0.4) is 0 Å². The highest BCUT2D eigenvalue weighted by Crippen LogP contribution is 2.35. The lowest BCUT2D eigenvalue weighted by atomic mass is 10.1. The molecule has 0 bridgehead atoms. The van der Waals surface area contributed by atoms with E-state index in [1.807, 2.05) is 49.1 Å². The van der Waals surface area contributed by atoms with Crippen LogP contribution >= 0.6 is 22.9 Å². The molecule has 1 unspecified atom stereocenters. The van der Waals surface area contributed by atoms with Gasteiger partial charge in [-0.1, -0.05) is 17.7 Å². The van der Waals surface area contributed by atoms with Crippen molar-refractivity contribution >= 4 is 34.6 Å². The Labute approximate surface area is 132 Å². The van der Waals surface area contributed by atoms with E-state index in [0.717, 1.165) is 16.4 Å². The van der Waals surface area contributed by atoms with Crippen molar-refractivity contribution in [2.45, 2.75) is 19.9 Å². The smallest absolute Gasteiger partial charge is 0.201 e. The second kappa shape index (κ2) is 5.50. The van der Waals surface area contributed by atoms with E-state index < -0.39 is 0 Å². The first-order valence-corrected chi connectivity index (χ1v) is 7.74. The number of nitrogens with two attached hydrogens (primary N) is 1. The largest absolute Gasteiger partial charge is 0.369 e. The summed E-state index contributed by atoms with van der Waals surface area (Å²) in [5.74, 6) is 0.454. The molecule has 21 heavy (non-hydrogen) atoms. The average molecular weight is 319 g/mol. The summed E-state index contributed by atoms with van der Waals surface area (Å²) in [5, 5.41) is 1.72. The Balaban J connectivity index is 2.08. The molecule has 2 aromatic rings. The Hall–Kier alpha value is -1.85. The zero-order valence-electron chi connectivity index (χ0n) is 11.7. The predicted octanol–water partition coefficient (Wildman–Crippen LogP) is 3.80. The summed E-state index contributed by atoms with van der Waals surface area (Å²) in [6.07, 6.45) is 3.77. The molecule has 0 fully saturated rings. The van der Waals surface area contributed by atoms with Crippen molar-refractivity contribution in [3.05, 3.63) is 57.1 Å². The van der Waals surface area contributed by atoms with Crippen molar-refractivity contribution in [3.63, 3.8) is 0 Å². The number of aromatic nitrogens is 1. The number of anilines is 1. The maximum atomic E-state index is 6.11. The van der Waals surface area contributed by atoms with E-state index in [-0.39, 0.29) is 6.04 Å². The molecule has 1 aromatic carbocycles. The molecule has 0 radical (unpaired) electrons. The number of hydrogen-bond donors (Lipinski definition) is 1. The third kappa shape index (κ3) is 2.66. The van der Waals surface area contributed by atoms with Crippen molar-refractivity contribution in [2.75, 3.05) is 4.90 Å². The van der Waals surface area contributed by atoms with Gasteiger partial charge in [-0.05, 0) is 38.1 Å². The normalized spacial score (nSPS) is 18.0. The van der Waals surface area contributed by atoms with Crippen LogP contribution < -0.4 is 10.6 Å². The Kier molecular flexibility index (Phi) is 3.69. The fraction of sp³-hybridized carbons (Fsp3) is 0.200. The van der Waals surface area contributed by atoms with Crippen LogP contribution in [0.25, 0.3) is 0 Å². The van der Waals surface area contributed by atoms with E-state index in [4.69, 9.17) is 17.3 Å². The Morgan fingerprint density at radius 2 is 2.14 bits per heavy atom. The average Bonchev–Trinajstić information content (AvgIpc) is 2.77. The minimum absolute atomic E-state index is 0.00725. The third-order valence-corrected chi connectivity index (χ3v) is 4.67. The molecule has 0 spiro atoms. The molecule has 1 aromatic heterocycles. The van der Waals surface area contributed by atoms with Gasteiger partial charge in [-0.3, -0.25) is 0 Å². The van der Waals surface area contributed by atoms with Crippen molar-refractivity contribution in [1.82, 2.24) is 4.98 Å². The molecule has 0 amide bonds. The van der Waals surface area contributed by atoms with Gasteiger partial charge in [0.15, 0.2) is 0 Å². The molecule has 6 heteroatoms. The van der Waals surface area contributed by atoms with Crippen LogP contribution in [-0.4, -0.2) is 10.9 Å². The minimum Gasteiger partial charge on any atom is -0.369 e.